The lowest BCUT2D eigenvalue weighted by Gasteiger charge is -2.13. The van der Waals surface area contributed by atoms with Crippen LogP contribution < -0.4 is 0 Å². The number of hydrogen-bond acceptors (Lipinski definition) is 5. The van der Waals surface area contributed by atoms with Crippen LogP contribution in [0.1, 0.15) is 17.0 Å². The highest BCUT2D eigenvalue weighted by Crippen LogP contribution is 2.24. The highest BCUT2D eigenvalue weighted by Gasteiger charge is 2.32. The highest BCUT2D eigenvalue weighted by atomic mass is 35.5. The number of benzene rings is 1. The molecule has 136 valence electrons. The third kappa shape index (κ3) is 3.82. The molecule has 0 bridgehead atoms. The summed E-state index contributed by atoms with van der Waals surface area (Å²) in [6, 6.07) is 9.54. The molecule has 0 unspecified atom stereocenters. The van der Waals surface area contributed by atoms with Crippen molar-refractivity contribution in [1.82, 2.24) is 19.8 Å². The van der Waals surface area contributed by atoms with Gasteiger partial charge in [0.25, 0.3) is 0 Å². The van der Waals surface area contributed by atoms with Gasteiger partial charge >= 0.3 is 0 Å². The fourth-order valence-corrected chi connectivity index (χ4v) is 3.69. The Bertz CT molecular complexity index is 891. The van der Waals surface area contributed by atoms with E-state index in [0.717, 1.165) is 35.8 Å². The Morgan fingerprint density at radius 1 is 1.31 bits per heavy atom. The van der Waals surface area contributed by atoms with Gasteiger partial charge in [-0.2, -0.15) is 5.10 Å². The Balaban J connectivity index is 1.39. The SMILES string of the molecule is Cc1cc(C[C@@H]2CN(Cc3cnn(-c4cccc(Cl)c4)c3)C[C@@H]2O)on1. The Kier molecular flexibility index (Phi) is 4.80. The Morgan fingerprint density at radius 3 is 2.96 bits per heavy atom. The number of aliphatic hydroxyl groups excluding tert-OH is 1. The van der Waals surface area contributed by atoms with Crippen molar-refractivity contribution in [2.75, 3.05) is 13.1 Å². The van der Waals surface area contributed by atoms with Crippen molar-refractivity contribution in [1.29, 1.82) is 0 Å². The van der Waals surface area contributed by atoms with E-state index in [1.807, 2.05) is 54.3 Å². The first-order valence-corrected chi connectivity index (χ1v) is 9.07. The molecule has 3 aromatic rings. The van der Waals surface area contributed by atoms with Crippen LogP contribution in [0, 0.1) is 12.8 Å². The van der Waals surface area contributed by atoms with Gasteiger partial charge in [0, 0.05) is 54.8 Å². The first-order chi connectivity index (χ1) is 12.6. The summed E-state index contributed by atoms with van der Waals surface area (Å²) in [5.74, 6) is 0.993. The third-order valence-corrected chi connectivity index (χ3v) is 4.97. The standard InChI is InChI=1S/C19H21ClN4O2/c1-13-5-18(26-22-13)6-15-11-23(12-19(15)25)9-14-8-21-24(10-14)17-4-2-3-16(20)7-17/h2-5,7-8,10,15,19,25H,6,9,11-12H2,1H3/t15-,19+/m1/s1. The van der Waals surface area contributed by atoms with Gasteiger partial charge in [0.1, 0.15) is 5.76 Å². The molecule has 7 heteroatoms. The van der Waals surface area contributed by atoms with Gasteiger partial charge in [-0.1, -0.05) is 22.8 Å². The lowest BCUT2D eigenvalue weighted by atomic mass is 10.0. The lowest BCUT2D eigenvalue weighted by Crippen LogP contribution is -2.21. The summed E-state index contributed by atoms with van der Waals surface area (Å²) < 4.78 is 7.11. The zero-order valence-corrected chi connectivity index (χ0v) is 15.3. The summed E-state index contributed by atoms with van der Waals surface area (Å²) in [7, 11) is 0. The summed E-state index contributed by atoms with van der Waals surface area (Å²) >= 11 is 6.05. The van der Waals surface area contributed by atoms with E-state index in [-0.39, 0.29) is 12.0 Å². The second kappa shape index (κ2) is 7.23. The monoisotopic (exact) mass is 372 g/mol. The van der Waals surface area contributed by atoms with Crippen LogP contribution in [0.25, 0.3) is 5.69 Å². The molecule has 1 N–H and O–H groups in total. The minimum absolute atomic E-state index is 0.158. The molecule has 3 heterocycles. The summed E-state index contributed by atoms with van der Waals surface area (Å²) in [5, 5.41) is 19.4. The summed E-state index contributed by atoms with van der Waals surface area (Å²) in [4.78, 5) is 2.25. The van der Waals surface area contributed by atoms with E-state index in [9.17, 15) is 5.11 Å². The molecule has 1 aliphatic heterocycles. The second-order valence-corrected chi connectivity index (χ2v) is 7.37. The van der Waals surface area contributed by atoms with E-state index in [1.54, 1.807) is 0 Å². The van der Waals surface area contributed by atoms with Crippen molar-refractivity contribution < 1.29 is 9.63 Å². The molecule has 2 atom stereocenters. The van der Waals surface area contributed by atoms with Crippen LogP contribution in [0.4, 0.5) is 0 Å². The minimum atomic E-state index is -0.358. The average molecular weight is 373 g/mol. The van der Waals surface area contributed by atoms with Crippen LogP contribution in [-0.4, -0.2) is 44.1 Å². The van der Waals surface area contributed by atoms with Crippen molar-refractivity contribution in [2.24, 2.45) is 5.92 Å². The molecular weight excluding hydrogens is 352 g/mol. The molecule has 0 amide bonds. The summed E-state index contributed by atoms with van der Waals surface area (Å²) in [6.07, 6.45) is 4.22. The number of likely N-dealkylation sites (tertiary alicyclic amines) is 1. The van der Waals surface area contributed by atoms with Crippen molar-refractivity contribution in [3.05, 3.63) is 64.8 Å². The molecule has 26 heavy (non-hydrogen) atoms. The van der Waals surface area contributed by atoms with Gasteiger partial charge in [-0.15, -0.1) is 0 Å². The van der Waals surface area contributed by atoms with Crippen molar-refractivity contribution in [3.8, 4) is 5.69 Å². The molecule has 0 saturated carbocycles. The van der Waals surface area contributed by atoms with Gasteiger partial charge in [-0.3, -0.25) is 4.90 Å². The molecule has 6 nitrogen and oxygen atoms in total. The molecule has 0 aliphatic carbocycles. The van der Waals surface area contributed by atoms with Crippen LogP contribution in [0.2, 0.25) is 5.02 Å². The quantitative estimate of drug-likeness (QED) is 0.746. The van der Waals surface area contributed by atoms with E-state index in [0.29, 0.717) is 18.0 Å². The molecule has 1 aromatic carbocycles. The van der Waals surface area contributed by atoms with Gasteiger partial charge in [0.2, 0.25) is 0 Å². The molecule has 1 fully saturated rings. The topological polar surface area (TPSA) is 67.3 Å². The second-order valence-electron chi connectivity index (χ2n) is 6.93. The van der Waals surface area contributed by atoms with Gasteiger partial charge in [0.05, 0.1) is 23.7 Å². The Morgan fingerprint density at radius 2 is 2.19 bits per heavy atom. The minimum Gasteiger partial charge on any atom is -0.391 e. The van der Waals surface area contributed by atoms with Crippen LogP contribution >= 0.6 is 11.6 Å². The number of aliphatic hydroxyl groups is 1. The predicted molar refractivity (Wildman–Crippen MR) is 98.3 cm³/mol. The molecular formula is C19H21ClN4O2. The Labute approximate surface area is 157 Å². The predicted octanol–water partition coefficient (Wildman–Crippen LogP) is 2.86. The zero-order valence-electron chi connectivity index (χ0n) is 14.5. The van der Waals surface area contributed by atoms with Crippen LogP contribution in [0.15, 0.2) is 47.2 Å². The summed E-state index contributed by atoms with van der Waals surface area (Å²) in [6.45, 7) is 4.13. The molecule has 1 aliphatic rings. The van der Waals surface area contributed by atoms with E-state index in [2.05, 4.69) is 15.2 Å². The maximum Gasteiger partial charge on any atom is 0.137 e. The number of nitrogens with zero attached hydrogens (tertiary/aromatic N) is 4. The highest BCUT2D eigenvalue weighted by molar-refractivity contribution is 6.30. The first kappa shape index (κ1) is 17.3. The van der Waals surface area contributed by atoms with E-state index in [1.165, 1.54) is 0 Å². The van der Waals surface area contributed by atoms with Crippen LogP contribution in [0.3, 0.4) is 0 Å². The zero-order chi connectivity index (χ0) is 18.1. The number of rotatable bonds is 5. The third-order valence-electron chi connectivity index (χ3n) is 4.74. The molecule has 2 aromatic heterocycles. The number of aryl methyl sites for hydroxylation is 1. The van der Waals surface area contributed by atoms with E-state index in [4.69, 9.17) is 16.1 Å². The van der Waals surface area contributed by atoms with E-state index >= 15 is 0 Å². The van der Waals surface area contributed by atoms with Gasteiger partial charge < -0.3 is 9.63 Å². The maximum absolute atomic E-state index is 10.4. The van der Waals surface area contributed by atoms with E-state index < -0.39 is 0 Å². The fourth-order valence-electron chi connectivity index (χ4n) is 3.50. The van der Waals surface area contributed by atoms with Crippen LogP contribution in [-0.2, 0) is 13.0 Å². The summed E-state index contributed by atoms with van der Waals surface area (Å²) in [5.41, 5.74) is 2.91. The smallest absolute Gasteiger partial charge is 0.137 e. The molecule has 4 rings (SSSR count). The average Bonchev–Trinajstić information content (AvgIpc) is 3.30. The number of β-amino-alcohol motifs (C(OH)–C–C–N with tert-alkyl or cyclic N) is 1. The van der Waals surface area contributed by atoms with Crippen LogP contribution in [0.5, 0.6) is 0 Å². The maximum atomic E-state index is 10.4. The van der Waals surface area contributed by atoms with Gasteiger partial charge in [0.15, 0.2) is 0 Å². The van der Waals surface area contributed by atoms with Crippen molar-refractivity contribution in [2.45, 2.75) is 26.0 Å². The molecule has 0 spiro atoms. The number of hydrogen-bond donors (Lipinski definition) is 1. The molecule has 1 saturated heterocycles. The first-order valence-electron chi connectivity index (χ1n) is 8.69. The lowest BCUT2D eigenvalue weighted by molar-refractivity contribution is 0.137. The fraction of sp³-hybridized carbons (Fsp3) is 0.368. The van der Waals surface area contributed by atoms with Crippen molar-refractivity contribution in [3.63, 3.8) is 0 Å². The van der Waals surface area contributed by atoms with Crippen molar-refractivity contribution >= 4 is 11.6 Å². The van der Waals surface area contributed by atoms with Gasteiger partial charge in [-0.25, -0.2) is 4.68 Å². The molecule has 0 radical (unpaired) electrons. The van der Waals surface area contributed by atoms with Gasteiger partial charge in [-0.05, 0) is 25.1 Å². The largest absolute Gasteiger partial charge is 0.391 e. The Hall–Kier alpha value is -2.15. The number of aromatic nitrogens is 3. The number of halogens is 1. The normalized spacial score (nSPS) is 20.7.